The molecule has 0 saturated carbocycles. The zero-order valence-corrected chi connectivity index (χ0v) is 11.2. The summed E-state index contributed by atoms with van der Waals surface area (Å²) < 4.78 is 52.9. The van der Waals surface area contributed by atoms with Gasteiger partial charge in [-0.25, -0.2) is 21.9 Å². The Morgan fingerprint density at radius 1 is 1.44 bits per heavy atom. The lowest BCUT2D eigenvalue weighted by Crippen LogP contribution is -2.41. The van der Waals surface area contributed by atoms with Gasteiger partial charge < -0.3 is 5.73 Å². The van der Waals surface area contributed by atoms with Gasteiger partial charge in [0.2, 0.25) is 10.0 Å². The molecule has 0 saturated heterocycles. The van der Waals surface area contributed by atoms with Crippen molar-refractivity contribution < 1.29 is 17.2 Å². The van der Waals surface area contributed by atoms with E-state index in [9.17, 15) is 17.2 Å². The van der Waals surface area contributed by atoms with E-state index in [0.717, 1.165) is 0 Å². The van der Waals surface area contributed by atoms with E-state index in [1.54, 1.807) is 14.0 Å². The summed E-state index contributed by atoms with van der Waals surface area (Å²) in [5.74, 6) is -3.27. The minimum absolute atomic E-state index is 0.0715. The van der Waals surface area contributed by atoms with Crippen molar-refractivity contribution in [3.8, 4) is 0 Å². The van der Waals surface area contributed by atoms with Crippen LogP contribution in [-0.2, 0) is 17.1 Å². The predicted molar refractivity (Wildman–Crippen MR) is 61.9 cm³/mol. The number of nitrogens with two attached hydrogens (primary N) is 1. The summed E-state index contributed by atoms with van der Waals surface area (Å²) in [5.41, 5.74) is 5.48. The topological polar surface area (TPSA) is 90.0 Å². The fourth-order valence-corrected chi connectivity index (χ4v) is 2.98. The summed E-state index contributed by atoms with van der Waals surface area (Å²) in [5, 5.41) is 3.93. The molecule has 104 valence electrons. The quantitative estimate of drug-likeness (QED) is 0.789. The lowest BCUT2D eigenvalue weighted by atomic mass is 10.3. The van der Waals surface area contributed by atoms with Crippen molar-refractivity contribution in [2.45, 2.75) is 24.7 Å². The number of hydrogen-bond acceptors (Lipinski definition) is 4. The van der Waals surface area contributed by atoms with Gasteiger partial charge in [-0.15, -0.1) is 0 Å². The summed E-state index contributed by atoms with van der Waals surface area (Å²) >= 11 is 0. The molecule has 1 heterocycles. The normalized spacial score (nSPS) is 13.0. The van der Waals surface area contributed by atoms with Crippen molar-refractivity contribution in [3.63, 3.8) is 0 Å². The van der Waals surface area contributed by atoms with Crippen molar-refractivity contribution in [1.29, 1.82) is 0 Å². The van der Waals surface area contributed by atoms with Crippen molar-refractivity contribution in [2.75, 3.05) is 13.1 Å². The predicted octanol–water partition coefficient (Wildman–Crippen LogP) is -0.0908. The van der Waals surface area contributed by atoms with Gasteiger partial charge in [0.25, 0.3) is 5.92 Å². The van der Waals surface area contributed by atoms with Crippen LogP contribution < -0.4 is 10.5 Å². The van der Waals surface area contributed by atoms with E-state index in [1.807, 2.05) is 4.72 Å². The fraction of sp³-hybridized carbons (Fsp3) is 0.667. The largest absolute Gasteiger partial charge is 0.325 e. The fourth-order valence-electron chi connectivity index (χ4n) is 1.49. The first kappa shape index (κ1) is 15.0. The maximum absolute atomic E-state index is 12.9. The van der Waals surface area contributed by atoms with Crippen molar-refractivity contribution in [2.24, 2.45) is 12.8 Å². The summed E-state index contributed by atoms with van der Waals surface area (Å²) in [6, 6.07) is 0. The molecule has 9 heteroatoms. The first-order valence-corrected chi connectivity index (χ1v) is 6.67. The number of alkyl halides is 2. The molecule has 1 aromatic rings. The van der Waals surface area contributed by atoms with Gasteiger partial charge >= 0.3 is 0 Å². The second-order valence-electron chi connectivity index (χ2n) is 4.01. The summed E-state index contributed by atoms with van der Waals surface area (Å²) in [4.78, 5) is -0.0715. The number of nitrogens with one attached hydrogen (secondary N) is 1. The molecule has 0 aliphatic rings. The minimum atomic E-state index is -4.01. The van der Waals surface area contributed by atoms with Gasteiger partial charge in [-0.05, 0) is 13.8 Å². The number of rotatable bonds is 5. The van der Waals surface area contributed by atoms with Crippen LogP contribution in [0.15, 0.2) is 4.90 Å². The average molecular weight is 282 g/mol. The number of aryl methyl sites for hydroxylation is 2. The molecule has 0 fully saturated rings. The third-order valence-electron chi connectivity index (χ3n) is 2.53. The van der Waals surface area contributed by atoms with E-state index in [4.69, 9.17) is 5.73 Å². The molecule has 0 aliphatic carbocycles. The Balaban J connectivity index is 3.01. The highest BCUT2D eigenvalue weighted by Crippen LogP contribution is 2.19. The zero-order chi connectivity index (χ0) is 14.1. The van der Waals surface area contributed by atoms with E-state index in [0.29, 0.717) is 5.69 Å². The van der Waals surface area contributed by atoms with Gasteiger partial charge in [0.15, 0.2) is 0 Å². The van der Waals surface area contributed by atoms with Gasteiger partial charge in [-0.2, -0.15) is 5.10 Å². The molecule has 0 radical (unpaired) electrons. The Morgan fingerprint density at radius 3 is 2.39 bits per heavy atom. The van der Waals surface area contributed by atoms with Gasteiger partial charge in [0.1, 0.15) is 4.90 Å². The van der Waals surface area contributed by atoms with Crippen molar-refractivity contribution >= 4 is 10.0 Å². The molecule has 0 unspecified atom stereocenters. The maximum atomic E-state index is 12.9. The maximum Gasteiger partial charge on any atom is 0.273 e. The van der Waals surface area contributed by atoms with Gasteiger partial charge in [-0.1, -0.05) is 0 Å². The summed E-state index contributed by atoms with van der Waals surface area (Å²) in [7, 11) is -2.43. The van der Waals surface area contributed by atoms with Gasteiger partial charge in [0, 0.05) is 7.05 Å². The van der Waals surface area contributed by atoms with E-state index in [2.05, 4.69) is 5.10 Å². The second kappa shape index (κ2) is 4.90. The highest BCUT2D eigenvalue weighted by molar-refractivity contribution is 7.89. The van der Waals surface area contributed by atoms with Crippen LogP contribution >= 0.6 is 0 Å². The Morgan fingerprint density at radius 2 is 2.00 bits per heavy atom. The van der Waals surface area contributed by atoms with E-state index >= 15 is 0 Å². The minimum Gasteiger partial charge on any atom is -0.325 e. The number of sulfonamides is 1. The molecular formula is C9H16F2N4O2S. The standard InChI is InChI=1S/C9H16F2N4O2S/c1-6-8(7(2)15(3)14-6)18(16,17)13-5-9(10,11)4-12/h13H,4-5,12H2,1-3H3. The molecule has 0 spiro atoms. The molecule has 18 heavy (non-hydrogen) atoms. The first-order chi connectivity index (χ1) is 8.10. The average Bonchev–Trinajstić information content (AvgIpc) is 2.51. The highest BCUT2D eigenvalue weighted by atomic mass is 32.2. The van der Waals surface area contributed by atoms with Crippen LogP contribution in [0.25, 0.3) is 0 Å². The van der Waals surface area contributed by atoms with E-state index in [1.165, 1.54) is 11.6 Å². The van der Waals surface area contributed by atoms with Crippen LogP contribution in [0.5, 0.6) is 0 Å². The smallest absolute Gasteiger partial charge is 0.273 e. The molecule has 6 nitrogen and oxygen atoms in total. The third-order valence-corrected chi connectivity index (χ3v) is 4.18. The Labute approximate surface area is 104 Å². The Hall–Kier alpha value is -1.06. The molecule has 0 aromatic carbocycles. The molecule has 0 aliphatic heterocycles. The first-order valence-electron chi connectivity index (χ1n) is 5.18. The Bertz CT molecular complexity index is 539. The lowest BCUT2D eigenvalue weighted by molar-refractivity contribution is 0.0170. The summed E-state index contributed by atoms with van der Waals surface area (Å²) in [6.07, 6.45) is 0. The lowest BCUT2D eigenvalue weighted by Gasteiger charge is -2.14. The third kappa shape index (κ3) is 3.03. The molecule has 1 aromatic heterocycles. The van der Waals surface area contributed by atoms with E-state index < -0.39 is 29.0 Å². The van der Waals surface area contributed by atoms with Crippen LogP contribution in [0, 0.1) is 13.8 Å². The molecule has 3 N–H and O–H groups in total. The molecule has 0 bridgehead atoms. The zero-order valence-electron chi connectivity index (χ0n) is 10.4. The van der Waals surface area contributed by atoms with Crippen LogP contribution in [0.1, 0.15) is 11.4 Å². The monoisotopic (exact) mass is 282 g/mol. The van der Waals surface area contributed by atoms with Crippen LogP contribution in [0.2, 0.25) is 0 Å². The van der Waals surface area contributed by atoms with Crippen LogP contribution in [0.3, 0.4) is 0 Å². The number of nitrogens with zero attached hydrogens (tertiary/aromatic N) is 2. The summed E-state index contributed by atoms with van der Waals surface area (Å²) in [6.45, 7) is 1.11. The van der Waals surface area contributed by atoms with E-state index in [-0.39, 0.29) is 10.6 Å². The van der Waals surface area contributed by atoms with Crippen molar-refractivity contribution in [1.82, 2.24) is 14.5 Å². The molecule has 1 rings (SSSR count). The number of hydrogen-bond donors (Lipinski definition) is 2. The molecular weight excluding hydrogens is 266 g/mol. The van der Waals surface area contributed by atoms with Crippen molar-refractivity contribution in [3.05, 3.63) is 11.4 Å². The van der Waals surface area contributed by atoms with Crippen LogP contribution in [0.4, 0.5) is 8.78 Å². The molecule has 0 amide bonds. The number of aromatic nitrogens is 2. The molecule has 0 atom stereocenters. The SMILES string of the molecule is Cc1nn(C)c(C)c1S(=O)(=O)NCC(F)(F)CN. The van der Waals surface area contributed by atoms with Crippen LogP contribution in [-0.4, -0.2) is 37.2 Å². The number of halogens is 2. The Kier molecular flexibility index (Phi) is 4.08. The highest BCUT2D eigenvalue weighted by Gasteiger charge is 2.31. The van der Waals surface area contributed by atoms with Gasteiger partial charge in [-0.3, -0.25) is 4.68 Å². The second-order valence-corrected chi connectivity index (χ2v) is 5.71. The van der Waals surface area contributed by atoms with Gasteiger partial charge in [0.05, 0.1) is 24.5 Å².